The van der Waals surface area contributed by atoms with Crippen LogP contribution in [0.2, 0.25) is 0 Å². The van der Waals surface area contributed by atoms with E-state index in [2.05, 4.69) is 20.3 Å². The predicted molar refractivity (Wildman–Crippen MR) is 114 cm³/mol. The number of carbonyl (C=O) groups is 1. The highest BCUT2D eigenvalue weighted by atomic mass is 16.5. The number of nitrogens with one attached hydrogen (secondary N) is 1. The Morgan fingerprint density at radius 3 is 2.73 bits per heavy atom. The Morgan fingerprint density at radius 1 is 1.20 bits per heavy atom. The molecule has 0 unspecified atom stereocenters. The molecule has 0 bridgehead atoms. The Morgan fingerprint density at radius 2 is 1.97 bits per heavy atom. The number of anilines is 3. The average Bonchev–Trinajstić information content (AvgIpc) is 2.76. The quantitative estimate of drug-likeness (QED) is 0.657. The number of carbonyl (C=O) groups excluding carboxylic acids is 1. The Hall–Kier alpha value is -3.53. The van der Waals surface area contributed by atoms with E-state index >= 15 is 0 Å². The lowest BCUT2D eigenvalue weighted by molar-refractivity contribution is -0.116. The first-order chi connectivity index (χ1) is 14.5. The minimum absolute atomic E-state index is 0.158. The van der Waals surface area contributed by atoms with E-state index in [1.807, 2.05) is 30.0 Å². The summed E-state index contributed by atoms with van der Waals surface area (Å²) < 4.78 is 6.66. The van der Waals surface area contributed by atoms with Crippen LogP contribution in [-0.4, -0.2) is 65.8 Å². The third-order valence-corrected chi connectivity index (χ3v) is 4.79. The fourth-order valence-corrected chi connectivity index (χ4v) is 3.27. The van der Waals surface area contributed by atoms with E-state index in [0.29, 0.717) is 41.6 Å². The van der Waals surface area contributed by atoms with Gasteiger partial charge in [-0.1, -0.05) is 12.1 Å². The van der Waals surface area contributed by atoms with Gasteiger partial charge in [-0.15, -0.1) is 0 Å². The van der Waals surface area contributed by atoms with Crippen LogP contribution in [0.4, 0.5) is 17.5 Å². The van der Waals surface area contributed by atoms with Crippen LogP contribution in [0.1, 0.15) is 0 Å². The minimum atomic E-state index is -0.361. The zero-order chi connectivity index (χ0) is 21.1. The maximum Gasteiger partial charge on any atom is 0.261 e. The van der Waals surface area contributed by atoms with Crippen LogP contribution in [0.15, 0.2) is 41.6 Å². The van der Waals surface area contributed by atoms with E-state index in [0.717, 1.165) is 13.1 Å². The fraction of sp³-hybridized carbons (Fsp3) is 0.350. The molecular weight excluding hydrogens is 386 g/mol. The van der Waals surface area contributed by atoms with E-state index < -0.39 is 0 Å². The van der Waals surface area contributed by atoms with Gasteiger partial charge in [-0.3, -0.25) is 14.2 Å². The number of hydrogen-bond donors (Lipinski definition) is 1. The lowest BCUT2D eigenvalue weighted by atomic mass is 10.2. The number of benzene rings is 1. The average molecular weight is 409 g/mol. The summed E-state index contributed by atoms with van der Waals surface area (Å²) in [6.07, 6.45) is 2.97. The van der Waals surface area contributed by atoms with Crippen molar-refractivity contribution in [3.8, 4) is 0 Å². The molecule has 1 fully saturated rings. The van der Waals surface area contributed by atoms with Crippen molar-refractivity contribution >= 4 is 34.3 Å². The van der Waals surface area contributed by atoms with E-state index in [4.69, 9.17) is 4.74 Å². The third kappa shape index (κ3) is 4.08. The molecule has 1 aliphatic heterocycles. The van der Waals surface area contributed by atoms with Gasteiger partial charge in [0, 0.05) is 27.2 Å². The molecule has 0 saturated carbocycles. The molecule has 0 spiro atoms. The molecular formula is C20H23N7O3. The second kappa shape index (κ2) is 8.46. The minimum Gasteiger partial charge on any atom is -0.378 e. The summed E-state index contributed by atoms with van der Waals surface area (Å²) in [5.41, 5.74) is 0.812. The Kier molecular flexibility index (Phi) is 5.57. The first kappa shape index (κ1) is 19.8. The van der Waals surface area contributed by atoms with Gasteiger partial charge in [0.15, 0.2) is 5.82 Å². The van der Waals surface area contributed by atoms with Crippen molar-refractivity contribution < 1.29 is 9.53 Å². The molecule has 156 valence electrons. The predicted octanol–water partition coefficient (Wildman–Crippen LogP) is 0.728. The van der Waals surface area contributed by atoms with Crippen LogP contribution in [0, 0.1) is 0 Å². The molecule has 1 aromatic carbocycles. The molecule has 1 N–H and O–H groups in total. The summed E-state index contributed by atoms with van der Waals surface area (Å²) in [7, 11) is 3.69. The monoisotopic (exact) mass is 409 g/mol. The Bertz CT molecular complexity index is 1120. The fourth-order valence-electron chi connectivity index (χ4n) is 3.27. The van der Waals surface area contributed by atoms with Crippen LogP contribution in [0.5, 0.6) is 0 Å². The molecule has 3 aromatic rings. The molecule has 2 aromatic heterocycles. The number of nitrogens with zero attached hydrogens (tertiary/aromatic N) is 6. The summed E-state index contributed by atoms with van der Waals surface area (Å²) in [4.78, 5) is 42.3. The number of para-hydroxylation sites is 1. The maximum absolute atomic E-state index is 12.6. The van der Waals surface area contributed by atoms with Gasteiger partial charge < -0.3 is 19.9 Å². The molecule has 30 heavy (non-hydrogen) atoms. The van der Waals surface area contributed by atoms with Crippen LogP contribution >= 0.6 is 0 Å². The van der Waals surface area contributed by atoms with Gasteiger partial charge in [0.2, 0.25) is 11.9 Å². The van der Waals surface area contributed by atoms with Gasteiger partial charge >= 0.3 is 0 Å². The van der Waals surface area contributed by atoms with E-state index in [9.17, 15) is 9.59 Å². The van der Waals surface area contributed by atoms with Crippen LogP contribution in [0.25, 0.3) is 10.9 Å². The maximum atomic E-state index is 12.6. The number of morpholine rings is 1. The van der Waals surface area contributed by atoms with Gasteiger partial charge in [0.1, 0.15) is 12.2 Å². The van der Waals surface area contributed by atoms with Crippen LogP contribution < -0.4 is 20.7 Å². The molecule has 1 amide bonds. The molecule has 1 aliphatic rings. The summed E-state index contributed by atoms with van der Waals surface area (Å²) in [6.45, 7) is 2.54. The SMILES string of the molecule is CN(C)c1nc(N2CCOCC2)ncc1NC(=O)Cn1cnc2ccccc2c1=O. The topological polar surface area (TPSA) is 105 Å². The zero-order valence-corrected chi connectivity index (χ0v) is 16.9. The van der Waals surface area contributed by atoms with Crippen molar-refractivity contribution in [1.29, 1.82) is 0 Å². The molecule has 4 rings (SSSR count). The number of ether oxygens (including phenoxy) is 1. The lowest BCUT2D eigenvalue weighted by Gasteiger charge is -2.28. The van der Waals surface area contributed by atoms with Crippen molar-refractivity contribution in [2.24, 2.45) is 0 Å². The van der Waals surface area contributed by atoms with Gasteiger partial charge in [0.05, 0.1) is 36.6 Å². The van der Waals surface area contributed by atoms with E-state index in [1.165, 1.54) is 10.9 Å². The zero-order valence-electron chi connectivity index (χ0n) is 16.9. The van der Waals surface area contributed by atoms with Gasteiger partial charge in [-0.25, -0.2) is 9.97 Å². The molecule has 0 radical (unpaired) electrons. The highest BCUT2D eigenvalue weighted by molar-refractivity contribution is 5.93. The highest BCUT2D eigenvalue weighted by Crippen LogP contribution is 2.24. The van der Waals surface area contributed by atoms with Crippen molar-refractivity contribution in [1.82, 2.24) is 19.5 Å². The molecule has 0 aliphatic carbocycles. The Labute approximate surface area is 173 Å². The van der Waals surface area contributed by atoms with Crippen LogP contribution in [-0.2, 0) is 16.1 Å². The van der Waals surface area contributed by atoms with Crippen molar-refractivity contribution in [3.63, 3.8) is 0 Å². The molecule has 0 atom stereocenters. The van der Waals surface area contributed by atoms with Gasteiger partial charge in [-0.2, -0.15) is 4.98 Å². The van der Waals surface area contributed by atoms with Crippen molar-refractivity contribution in [3.05, 3.63) is 47.1 Å². The van der Waals surface area contributed by atoms with E-state index in [-0.39, 0.29) is 18.0 Å². The van der Waals surface area contributed by atoms with Crippen molar-refractivity contribution in [2.45, 2.75) is 6.54 Å². The Balaban J connectivity index is 1.54. The largest absolute Gasteiger partial charge is 0.378 e. The van der Waals surface area contributed by atoms with Crippen molar-refractivity contribution in [2.75, 3.05) is 55.5 Å². The first-order valence-electron chi connectivity index (χ1n) is 9.64. The standard InChI is InChI=1S/C20H23N7O3/c1-25(2)18-16(11-21-20(24-18)26-7-9-30-10-8-26)23-17(28)12-27-13-22-15-6-4-3-5-14(15)19(27)29/h3-6,11,13H,7-10,12H2,1-2H3,(H,23,28). The number of amides is 1. The lowest BCUT2D eigenvalue weighted by Crippen LogP contribution is -2.37. The molecule has 10 heteroatoms. The number of rotatable bonds is 5. The number of hydrogen-bond acceptors (Lipinski definition) is 8. The molecule has 3 heterocycles. The summed E-state index contributed by atoms with van der Waals surface area (Å²) in [5, 5.41) is 3.28. The first-order valence-corrected chi connectivity index (χ1v) is 9.64. The number of aromatic nitrogens is 4. The second-order valence-electron chi connectivity index (χ2n) is 7.14. The second-order valence-corrected chi connectivity index (χ2v) is 7.14. The molecule has 1 saturated heterocycles. The van der Waals surface area contributed by atoms with Gasteiger partial charge in [-0.05, 0) is 12.1 Å². The van der Waals surface area contributed by atoms with Crippen LogP contribution in [0.3, 0.4) is 0 Å². The summed E-state index contributed by atoms with van der Waals surface area (Å²) in [6, 6.07) is 7.04. The smallest absolute Gasteiger partial charge is 0.261 e. The molecule has 10 nitrogen and oxygen atoms in total. The summed E-state index contributed by atoms with van der Waals surface area (Å²) in [5.74, 6) is 0.818. The third-order valence-electron chi connectivity index (χ3n) is 4.79. The number of fused-ring (bicyclic) bond motifs is 1. The summed E-state index contributed by atoms with van der Waals surface area (Å²) >= 11 is 0. The normalized spacial score (nSPS) is 14.0. The van der Waals surface area contributed by atoms with Gasteiger partial charge in [0.25, 0.3) is 5.56 Å². The van der Waals surface area contributed by atoms with E-state index in [1.54, 1.807) is 24.4 Å². The highest BCUT2D eigenvalue weighted by Gasteiger charge is 2.18.